The zero-order valence-electron chi connectivity index (χ0n) is 18.7. The van der Waals surface area contributed by atoms with Gasteiger partial charge < -0.3 is 20.1 Å². The maximum absolute atomic E-state index is 5.72. The van der Waals surface area contributed by atoms with Gasteiger partial charge in [-0.15, -0.1) is 35.3 Å². The molecule has 0 aliphatic heterocycles. The minimum absolute atomic E-state index is 0. The van der Waals surface area contributed by atoms with Crippen molar-refractivity contribution in [3.05, 3.63) is 39.3 Å². The smallest absolute Gasteiger partial charge is 0.191 e. The monoisotopic (exact) mass is 546 g/mol. The third-order valence-electron chi connectivity index (χ3n) is 4.33. The van der Waals surface area contributed by atoms with Crippen molar-refractivity contribution in [2.45, 2.75) is 47.5 Å². The van der Waals surface area contributed by atoms with Crippen molar-refractivity contribution < 1.29 is 9.47 Å². The molecule has 0 spiro atoms. The summed E-state index contributed by atoms with van der Waals surface area (Å²) in [5.41, 5.74) is 2.33. The van der Waals surface area contributed by atoms with Crippen LogP contribution in [0.2, 0.25) is 0 Å². The summed E-state index contributed by atoms with van der Waals surface area (Å²) < 4.78 is 11.3. The van der Waals surface area contributed by atoms with Crippen LogP contribution in [0.4, 0.5) is 0 Å². The highest BCUT2D eigenvalue weighted by Gasteiger charge is 2.07. The van der Waals surface area contributed by atoms with Gasteiger partial charge >= 0.3 is 0 Å². The van der Waals surface area contributed by atoms with Gasteiger partial charge in [-0.1, -0.05) is 6.07 Å². The molecule has 0 bridgehead atoms. The Bertz CT molecular complexity index is 776. The van der Waals surface area contributed by atoms with E-state index in [2.05, 4.69) is 53.5 Å². The van der Waals surface area contributed by atoms with E-state index < -0.39 is 0 Å². The van der Waals surface area contributed by atoms with Gasteiger partial charge in [0.2, 0.25) is 0 Å². The van der Waals surface area contributed by atoms with Crippen LogP contribution in [-0.2, 0) is 12.8 Å². The van der Waals surface area contributed by atoms with Gasteiger partial charge in [-0.3, -0.25) is 4.99 Å². The fraction of sp³-hybridized carbons (Fsp3) is 0.545. The van der Waals surface area contributed by atoms with Gasteiger partial charge in [0.05, 0.1) is 23.9 Å². The van der Waals surface area contributed by atoms with E-state index in [0.29, 0.717) is 13.2 Å². The lowest BCUT2D eigenvalue weighted by molar-refractivity contribution is 0.287. The van der Waals surface area contributed by atoms with Crippen molar-refractivity contribution in [2.75, 3.05) is 32.8 Å². The van der Waals surface area contributed by atoms with Crippen LogP contribution in [0, 0.1) is 13.8 Å². The van der Waals surface area contributed by atoms with Gasteiger partial charge in [-0.2, -0.15) is 0 Å². The van der Waals surface area contributed by atoms with E-state index in [9.17, 15) is 0 Å². The molecule has 1 heterocycles. The molecule has 2 N–H and O–H groups in total. The van der Waals surface area contributed by atoms with E-state index >= 15 is 0 Å². The molecule has 0 radical (unpaired) electrons. The maximum Gasteiger partial charge on any atom is 0.191 e. The number of rotatable bonds is 11. The van der Waals surface area contributed by atoms with Gasteiger partial charge in [-0.05, 0) is 58.7 Å². The lowest BCUT2D eigenvalue weighted by atomic mass is 10.1. The zero-order chi connectivity index (χ0) is 21.1. The topological polar surface area (TPSA) is 67.8 Å². The lowest BCUT2D eigenvalue weighted by Crippen LogP contribution is -2.38. The minimum Gasteiger partial charge on any atom is -0.490 e. The molecule has 8 heteroatoms. The Kier molecular flexibility index (Phi) is 12.8. The molecule has 6 nitrogen and oxygen atoms in total. The summed E-state index contributed by atoms with van der Waals surface area (Å²) in [7, 11) is 0. The number of halogens is 1. The first-order valence-electron chi connectivity index (χ1n) is 10.4. The average molecular weight is 547 g/mol. The third kappa shape index (κ3) is 8.67. The number of nitrogens with zero attached hydrogens (tertiary/aromatic N) is 2. The van der Waals surface area contributed by atoms with Crippen molar-refractivity contribution in [3.63, 3.8) is 0 Å². The van der Waals surface area contributed by atoms with Crippen LogP contribution in [0.15, 0.2) is 23.2 Å². The van der Waals surface area contributed by atoms with Crippen molar-refractivity contribution in [1.29, 1.82) is 0 Å². The van der Waals surface area contributed by atoms with E-state index in [-0.39, 0.29) is 24.0 Å². The molecule has 2 rings (SSSR count). The standard InChI is InChI=1S/C22H34N4O2S.HI/c1-6-23-22(25-14-12-21-26-16(4)17(5)29-21)24-13-11-18-9-10-19(27-7-2)20(15-18)28-8-3;/h9-10,15H,6-8,11-14H2,1-5H3,(H2,23,24,25);1H. The predicted molar refractivity (Wildman–Crippen MR) is 137 cm³/mol. The van der Waals surface area contributed by atoms with Crippen LogP contribution in [0.25, 0.3) is 0 Å². The average Bonchev–Trinajstić information content (AvgIpc) is 3.01. The van der Waals surface area contributed by atoms with Crippen molar-refractivity contribution in [3.8, 4) is 11.5 Å². The van der Waals surface area contributed by atoms with E-state index in [0.717, 1.165) is 60.6 Å². The molecule has 0 aliphatic carbocycles. The molecule has 0 unspecified atom stereocenters. The second kappa shape index (κ2) is 14.5. The Hall–Kier alpha value is -1.55. The minimum atomic E-state index is 0. The highest BCUT2D eigenvalue weighted by molar-refractivity contribution is 14.0. The van der Waals surface area contributed by atoms with Crippen molar-refractivity contribution in [2.24, 2.45) is 4.99 Å². The second-order valence-electron chi connectivity index (χ2n) is 6.58. The number of benzene rings is 1. The normalized spacial score (nSPS) is 11.0. The van der Waals surface area contributed by atoms with Crippen LogP contribution >= 0.6 is 35.3 Å². The number of hydrogen-bond acceptors (Lipinski definition) is 5. The summed E-state index contributed by atoms with van der Waals surface area (Å²) in [6, 6.07) is 6.14. The van der Waals surface area contributed by atoms with Gasteiger partial charge in [0.1, 0.15) is 0 Å². The first kappa shape index (κ1) is 26.5. The number of hydrogen-bond donors (Lipinski definition) is 2. The molecule has 0 atom stereocenters. The van der Waals surface area contributed by atoms with E-state index in [4.69, 9.17) is 9.47 Å². The van der Waals surface area contributed by atoms with Gasteiger partial charge in [0, 0.05) is 30.9 Å². The second-order valence-corrected chi connectivity index (χ2v) is 7.87. The van der Waals surface area contributed by atoms with Crippen molar-refractivity contribution in [1.82, 2.24) is 15.6 Å². The van der Waals surface area contributed by atoms with Gasteiger partial charge in [-0.25, -0.2) is 4.98 Å². The van der Waals surface area contributed by atoms with Crippen LogP contribution < -0.4 is 20.1 Å². The highest BCUT2D eigenvalue weighted by atomic mass is 127. The predicted octanol–water partition coefficient (Wildman–Crippen LogP) is 4.52. The number of nitrogens with one attached hydrogen (secondary N) is 2. The third-order valence-corrected chi connectivity index (χ3v) is 5.46. The summed E-state index contributed by atoms with van der Waals surface area (Å²) in [6.07, 6.45) is 1.74. The number of ether oxygens (including phenoxy) is 2. The molecule has 168 valence electrons. The summed E-state index contributed by atoms with van der Waals surface area (Å²) in [6.45, 7) is 13.8. The molecule has 30 heavy (non-hydrogen) atoms. The number of guanidine groups is 1. The molecule has 0 saturated carbocycles. The zero-order valence-corrected chi connectivity index (χ0v) is 21.9. The molecule has 0 fully saturated rings. The molecule has 0 amide bonds. The Labute approximate surface area is 201 Å². The summed E-state index contributed by atoms with van der Waals surface area (Å²) in [4.78, 5) is 10.6. The lowest BCUT2D eigenvalue weighted by Gasteiger charge is -2.14. The molecule has 0 saturated heterocycles. The van der Waals surface area contributed by atoms with E-state index in [1.54, 1.807) is 11.3 Å². The number of aliphatic imine (C=N–C) groups is 1. The number of thiazole rings is 1. The first-order chi connectivity index (χ1) is 14.1. The Morgan fingerprint density at radius 2 is 1.77 bits per heavy atom. The van der Waals surface area contributed by atoms with Crippen LogP contribution in [0.1, 0.15) is 41.9 Å². The molecular formula is C22H35IN4O2S. The Morgan fingerprint density at radius 1 is 1.03 bits per heavy atom. The molecule has 0 aliphatic rings. The Balaban J connectivity index is 0.00000450. The fourth-order valence-electron chi connectivity index (χ4n) is 2.83. The largest absolute Gasteiger partial charge is 0.490 e. The highest BCUT2D eigenvalue weighted by Crippen LogP contribution is 2.28. The molecule has 2 aromatic rings. The number of aryl methyl sites for hydroxylation is 2. The Morgan fingerprint density at radius 3 is 2.40 bits per heavy atom. The van der Waals surface area contributed by atoms with Crippen LogP contribution in [0.3, 0.4) is 0 Å². The summed E-state index contributed by atoms with van der Waals surface area (Å²) in [5, 5.41) is 7.87. The first-order valence-corrected chi connectivity index (χ1v) is 11.2. The van der Waals surface area contributed by atoms with Gasteiger partial charge in [0.25, 0.3) is 0 Å². The maximum atomic E-state index is 5.72. The molecule has 1 aromatic carbocycles. The quantitative estimate of drug-likeness (QED) is 0.247. The van der Waals surface area contributed by atoms with Crippen molar-refractivity contribution >= 4 is 41.3 Å². The fourth-order valence-corrected chi connectivity index (χ4v) is 3.75. The van der Waals surface area contributed by atoms with Crippen LogP contribution in [0.5, 0.6) is 11.5 Å². The van der Waals surface area contributed by atoms with E-state index in [1.165, 1.54) is 10.4 Å². The van der Waals surface area contributed by atoms with E-state index in [1.807, 2.05) is 19.9 Å². The van der Waals surface area contributed by atoms with Crippen LogP contribution in [-0.4, -0.2) is 43.8 Å². The molecule has 1 aromatic heterocycles. The summed E-state index contributed by atoms with van der Waals surface area (Å²) in [5.74, 6) is 2.45. The SMILES string of the molecule is CCNC(=NCCc1nc(C)c(C)s1)NCCc1ccc(OCC)c(OCC)c1.I. The number of aromatic nitrogens is 1. The van der Waals surface area contributed by atoms with Gasteiger partial charge in [0.15, 0.2) is 17.5 Å². The summed E-state index contributed by atoms with van der Waals surface area (Å²) >= 11 is 1.76. The molecular weight excluding hydrogens is 511 g/mol.